The molecule has 2 aromatic rings. The summed E-state index contributed by atoms with van der Waals surface area (Å²) in [6, 6.07) is 5.50. The van der Waals surface area contributed by atoms with Gasteiger partial charge in [-0.3, -0.25) is 0 Å². The Hall–Kier alpha value is -1.42. The van der Waals surface area contributed by atoms with Gasteiger partial charge >= 0.3 is 0 Å². The van der Waals surface area contributed by atoms with Crippen molar-refractivity contribution >= 4 is 12.2 Å². The van der Waals surface area contributed by atoms with Gasteiger partial charge in [-0.25, -0.2) is 4.39 Å². The Kier molecular flexibility index (Phi) is 3.15. The number of unbranched alkanes of at least 4 members (excludes halogenated alkanes) is 1. The summed E-state index contributed by atoms with van der Waals surface area (Å²) in [6.07, 6.45) is 4.38. The summed E-state index contributed by atoms with van der Waals surface area (Å²) in [6.45, 7) is 7.33. The van der Waals surface area contributed by atoms with E-state index in [-0.39, 0.29) is 16.6 Å². The molecule has 0 unspecified atom stereocenters. The van der Waals surface area contributed by atoms with Crippen LogP contribution in [-0.2, 0) is 23.8 Å². The Balaban J connectivity index is 1.82. The molecule has 1 N–H and O–H groups in total. The van der Waals surface area contributed by atoms with Gasteiger partial charge in [-0.2, -0.15) is 0 Å². The van der Waals surface area contributed by atoms with Crippen molar-refractivity contribution in [3.63, 3.8) is 0 Å². The maximum atomic E-state index is 14.6. The average molecular weight is 330 g/mol. The first kappa shape index (κ1) is 15.1. The van der Waals surface area contributed by atoms with Crippen molar-refractivity contribution in [1.82, 2.24) is 9.55 Å². The number of hydrogen-bond acceptors (Lipinski definition) is 1. The SMILES string of the molecule is CCCCc1[nH]c(=S)n2c1[C@]1(C)C[C@]1(c1cc(C)ccc1F)C2. The second-order valence-electron chi connectivity index (χ2n) is 7.52. The fourth-order valence-corrected chi connectivity index (χ4v) is 4.97. The molecule has 1 aliphatic carbocycles. The van der Waals surface area contributed by atoms with E-state index in [4.69, 9.17) is 12.2 Å². The Bertz CT molecular complexity index is 850. The molecule has 23 heavy (non-hydrogen) atoms. The molecule has 1 fully saturated rings. The number of rotatable bonds is 4. The summed E-state index contributed by atoms with van der Waals surface area (Å²) in [4.78, 5) is 3.41. The van der Waals surface area contributed by atoms with Gasteiger partial charge in [-0.15, -0.1) is 0 Å². The van der Waals surface area contributed by atoms with Gasteiger partial charge < -0.3 is 9.55 Å². The molecule has 1 aliphatic heterocycles. The number of hydrogen-bond donors (Lipinski definition) is 1. The quantitative estimate of drug-likeness (QED) is 0.787. The normalized spacial score (nSPS) is 27.8. The van der Waals surface area contributed by atoms with Crippen LogP contribution >= 0.6 is 12.2 Å². The van der Waals surface area contributed by atoms with Crippen LogP contribution in [0, 0.1) is 17.5 Å². The molecule has 0 saturated heterocycles. The number of nitrogens with one attached hydrogen (secondary N) is 1. The van der Waals surface area contributed by atoms with Gasteiger partial charge in [-0.1, -0.05) is 38.0 Å². The van der Waals surface area contributed by atoms with Gasteiger partial charge in [-0.05, 0) is 50.0 Å². The van der Waals surface area contributed by atoms with Gasteiger partial charge in [0.05, 0.1) is 0 Å². The number of fused-ring (bicyclic) bond motifs is 3. The summed E-state index contributed by atoms with van der Waals surface area (Å²) in [5.41, 5.74) is 4.50. The van der Waals surface area contributed by atoms with Crippen LogP contribution in [0.4, 0.5) is 4.39 Å². The van der Waals surface area contributed by atoms with Crippen molar-refractivity contribution in [3.8, 4) is 0 Å². The first-order chi connectivity index (χ1) is 10.9. The van der Waals surface area contributed by atoms with E-state index in [9.17, 15) is 4.39 Å². The molecule has 0 radical (unpaired) electrons. The van der Waals surface area contributed by atoms with Crippen molar-refractivity contribution in [1.29, 1.82) is 0 Å². The van der Waals surface area contributed by atoms with E-state index in [0.717, 1.165) is 41.7 Å². The highest BCUT2D eigenvalue weighted by atomic mass is 32.1. The molecule has 2 aliphatic rings. The number of benzene rings is 1. The first-order valence-corrected chi connectivity index (χ1v) is 8.92. The Morgan fingerprint density at radius 1 is 1.39 bits per heavy atom. The Labute approximate surface area is 141 Å². The first-order valence-electron chi connectivity index (χ1n) is 8.52. The highest BCUT2D eigenvalue weighted by Gasteiger charge is 2.72. The lowest BCUT2D eigenvalue weighted by Gasteiger charge is -2.17. The third-order valence-corrected chi connectivity index (χ3v) is 6.34. The number of halogens is 1. The van der Waals surface area contributed by atoms with Crippen LogP contribution in [-0.4, -0.2) is 9.55 Å². The summed E-state index contributed by atoms with van der Waals surface area (Å²) in [5.74, 6) is -0.0740. The fraction of sp³-hybridized carbons (Fsp3) is 0.526. The maximum Gasteiger partial charge on any atom is 0.177 e. The molecule has 1 aromatic heterocycles. The van der Waals surface area contributed by atoms with Gasteiger partial charge in [0.1, 0.15) is 5.82 Å². The zero-order valence-corrected chi connectivity index (χ0v) is 14.8. The van der Waals surface area contributed by atoms with Gasteiger partial charge in [0, 0.05) is 28.8 Å². The fourth-order valence-electron chi connectivity index (χ4n) is 4.69. The molecule has 4 rings (SSSR count). The second kappa shape index (κ2) is 4.79. The largest absolute Gasteiger partial charge is 0.334 e. The van der Waals surface area contributed by atoms with Crippen molar-refractivity contribution in [2.75, 3.05) is 0 Å². The lowest BCUT2D eigenvalue weighted by Crippen LogP contribution is -2.18. The molecular weight excluding hydrogens is 307 g/mol. The minimum atomic E-state index is -0.109. The molecule has 122 valence electrons. The summed E-state index contributed by atoms with van der Waals surface area (Å²) < 4.78 is 17.6. The van der Waals surface area contributed by atoms with Gasteiger partial charge in [0.2, 0.25) is 0 Å². The van der Waals surface area contributed by atoms with E-state index in [1.165, 1.54) is 17.8 Å². The lowest BCUT2D eigenvalue weighted by atomic mass is 9.86. The zero-order valence-electron chi connectivity index (χ0n) is 14.0. The highest BCUT2D eigenvalue weighted by Crippen LogP contribution is 2.70. The number of aromatic amines is 1. The summed E-state index contributed by atoms with van der Waals surface area (Å²) >= 11 is 5.54. The topological polar surface area (TPSA) is 20.7 Å². The monoisotopic (exact) mass is 330 g/mol. The van der Waals surface area contributed by atoms with Crippen LogP contribution in [0.5, 0.6) is 0 Å². The lowest BCUT2D eigenvalue weighted by molar-refractivity contribution is 0.513. The van der Waals surface area contributed by atoms with Crippen LogP contribution in [0.15, 0.2) is 18.2 Å². The minimum absolute atomic E-state index is 0.0122. The van der Waals surface area contributed by atoms with Crippen LogP contribution in [0.2, 0.25) is 0 Å². The van der Waals surface area contributed by atoms with Crippen molar-refractivity contribution in [2.45, 2.75) is 63.8 Å². The highest BCUT2D eigenvalue weighted by molar-refractivity contribution is 7.71. The number of H-pyrrole nitrogens is 1. The number of aryl methyl sites for hydroxylation is 2. The van der Waals surface area contributed by atoms with E-state index in [2.05, 4.69) is 23.4 Å². The van der Waals surface area contributed by atoms with Gasteiger partial charge in [0.25, 0.3) is 0 Å². The smallest absolute Gasteiger partial charge is 0.177 e. The standard InChI is InChI=1S/C19H23FN2S/c1-4-5-6-15-16-18(3)10-19(18,11-22(16)17(23)21-15)13-9-12(2)7-8-14(13)20/h7-9H,4-6,10-11H2,1-3H3,(H,21,23)/t18-,19+/m0/s1. The van der Waals surface area contributed by atoms with Crippen molar-refractivity contribution < 1.29 is 4.39 Å². The molecule has 2 atom stereocenters. The minimum Gasteiger partial charge on any atom is -0.334 e. The van der Waals surface area contributed by atoms with Gasteiger partial charge in [0.15, 0.2) is 4.77 Å². The second-order valence-corrected chi connectivity index (χ2v) is 7.91. The van der Waals surface area contributed by atoms with Crippen molar-refractivity contribution in [2.24, 2.45) is 0 Å². The van der Waals surface area contributed by atoms with Crippen LogP contribution in [0.25, 0.3) is 0 Å². The Morgan fingerprint density at radius 3 is 2.91 bits per heavy atom. The summed E-state index contributed by atoms with van der Waals surface area (Å²) in [5, 5.41) is 0. The number of nitrogens with zero attached hydrogens (tertiary/aromatic N) is 1. The van der Waals surface area contributed by atoms with Crippen LogP contribution in [0.1, 0.15) is 55.6 Å². The molecule has 0 spiro atoms. The zero-order chi connectivity index (χ0) is 16.4. The predicted molar refractivity (Wildman–Crippen MR) is 93.0 cm³/mol. The van der Waals surface area contributed by atoms with E-state index >= 15 is 0 Å². The molecular formula is C19H23FN2S. The van der Waals surface area contributed by atoms with E-state index in [1.54, 1.807) is 6.07 Å². The molecule has 2 heterocycles. The maximum absolute atomic E-state index is 14.6. The van der Waals surface area contributed by atoms with Crippen LogP contribution in [0.3, 0.4) is 0 Å². The molecule has 0 amide bonds. The number of aromatic nitrogens is 2. The third-order valence-electron chi connectivity index (χ3n) is 6.01. The molecule has 2 nitrogen and oxygen atoms in total. The predicted octanol–water partition coefficient (Wildman–Crippen LogP) is 4.95. The van der Waals surface area contributed by atoms with E-state index in [1.807, 2.05) is 19.1 Å². The third kappa shape index (κ3) is 1.87. The van der Waals surface area contributed by atoms with E-state index in [0.29, 0.717) is 0 Å². The molecule has 4 heteroatoms. The number of imidazole rings is 1. The van der Waals surface area contributed by atoms with Crippen LogP contribution < -0.4 is 0 Å². The molecule has 1 saturated carbocycles. The molecule has 0 bridgehead atoms. The molecule has 1 aromatic carbocycles. The van der Waals surface area contributed by atoms with E-state index < -0.39 is 0 Å². The van der Waals surface area contributed by atoms with Crippen molar-refractivity contribution in [3.05, 3.63) is 51.3 Å². The Morgan fingerprint density at radius 2 is 2.17 bits per heavy atom. The average Bonchev–Trinajstić information content (AvgIpc) is 2.84. The summed E-state index contributed by atoms with van der Waals surface area (Å²) in [7, 11) is 0.